The van der Waals surface area contributed by atoms with Crippen molar-refractivity contribution in [3.63, 3.8) is 0 Å². The highest BCUT2D eigenvalue weighted by Gasteiger charge is 2.50. The number of benzene rings is 2. The maximum Gasteiger partial charge on any atom is 0.416 e. The minimum atomic E-state index is -4.52. The number of nitrogens with one attached hydrogen (secondary N) is 2. The van der Waals surface area contributed by atoms with Gasteiger partial charge >= 0.3 is 18.2 Å². The number of anilines is 1. The van der Waals surface area contributed by atoms with Gasteiger partial charge in [0.1, 0.15) is 36.7 Å². The van der Waals surface area contributed by atoms with Crippen LogP contribution < -0.4 is 15.4 Å². The number of urea groups is 1. The van der Waals surface area contributed by atoms with Gasteiger partial charge in [-0.1, -0.05) is 11.2 Å². The first-order valence-corrected chi connectivity index (χ1v) is 11.7. The zero-order chi connectivity index (χ0) is 27.0. The van der Waals surface area contributed by atoms with E-state index >= 15 is 0 Å². The average Bonchev–Trinajstić information content (AvgIpc) is 3.71. The van der Waals surface area contributed by atoms with E-state index in [1.165, 1.54) is 23.1 Å². The lowest BCUT2D eigenvalue weighted by Crippen LogP contribution is -2.45. The van der Waals surface area contributed by atoms with Crippen LogP contribution in [0.1, 0.15) is 11.6 Å². The molecule has 2 aliphatic rings. The van der Waals surface area contributed by atoms with Crippen molar-refractivity contribution in [2.24, 2.45) is 0 Å². The Morgan fingerprint density at radius 1 is 1.08 bits per heavy atom. The summed E-state index contributed by atoms with van der Waals surface area (Å²) in [7, 11) is 0. The van der Waals surface area contributed by atoms with Crippen LogP contribution in [0.3, 0.4) is 0 Å². The van der Waals surface area contributed by atoms with Gasteiger partial charge in [-0.15, -0.1) is 0 Å². The topological polar surface area (TPSA) is 143 Å². The van der Waals surface area contributed by atoms with Gasteiger partial charge in [0.15, 0.2) is 0 Å². The summed E-state index contributed by atoms with van der Waals surface area (Å²) in [6.07, 6.45) is -2.53. The number of ether oxygens (including phenoxy) is 3. The molecule has 13 nitrogen and oxygen atoms in total. The molecule has 6 rings (SSSR count). The largest absolute Gasteiger partial charge is 0.423 e. The van der Waals surface area contributed by atoms with E-state index in [4.69, 9.17) is 14.2 Å². The molecule has 0 aliphatic carbocycles. The van der Waals surface area contributed by atoms with E-state index in [1.54, 1.807) is 35.3 Å². The number of aromatic nitrogens is 7. The number of hydrogen-bond donors (Lipinski definition) is 2. The van der Waals surface area contributed by atoms with Crippen LogP contribution in [-0.2, 0) is 15.7 Å². The Labute approximate surface area is 217 Å². The maximum atomic E-state index is 13.0. The van der Waals surface area contributed by atoms with E-state index < -0.39 is 42.1 Å². The van der Waals surface area contributed by atoms with Gasteiger partial charge < -0.3 is 24.8 Å². The number of tetrazole rings is 1. The summed E-state index contributed by atoms with van der Waals surface area (Å²) in [5, 5.41) is 20.9. The van der Waals surface area contributed by atoms with Crippen LogP contribution >= 0.6 is 0 Å². The molecule has 4 atom stereocenters. The van der Waals surface area contributed by atoms with Crippen LogP contribution in [0.4, 0.5) is 23.7 Å². The Morgan fingerprint density at radius 2 is 1.90 bits per heavy atom. The fraction of sp³-hybridized carbons (Fsp3) is 0.304. The first kappa shape index (κ1) is 24.7. The summed E-state index contributed by atoms with van der Waals surface area (Å²) in [6, 6.07) is 9.90. The van der Waals surface area contributed by atoms with E-state index in [0.717, 1.165) is 17.8 Å². The second kappa shape index (κ2) is 9.95. The lowest BCUT2D eigenvalue weighted by atomic mass is 10.1. The Kier molecular flexibility index (Phi) is 6.32. The van der Waals surface area contributed by atoms with Crippen molar-refractivity contribution in [2.75, 3.05) is 18.5 Å². The van der Waals surface area contributed by atoms with Gasteiger partial charge in [-0.3, -0.25) is 0 Å². The Morgan fingerprint density at radius 3 is 2.67 bits per heavy atom. The van der Waals surface area contributed by atoms with E-state index in [2.05, 4.69) is 36.2 Å². The first-order chi connectivity index (χ1) is 18.8. The zero-order valence-electron chi connectivity index (χ0n) is 19.9. The number of amides is 2. The second-order valence-corrected chi connectivity index (χ2v) is 8.79. The molecule has 2 fully saturated rings. The van der Waals surface area contributed by atoms with Gasteiger partial charge in [0.05, 0.1) is 30.5 Å². The SMILES string of the molecule is O=C(Nc1cccc(C(F)(F)F)c1)NC1COC2C1OCC2n1nnnc1Oc1ccc(-n2cncn2)cc1. The molecule has 4 unspecified atom stereocenters. The van der Waals surface area contributed by atoms with Gasteiger partial charge in [0.2, 0.25) is 0 Å². The molecule has 2 aromatic heterocycles. The third-order valence-electron chi connectivity index (χ3n) is 6.30. The molecule has 2 amide bonds. The fourth-order valence-corrected chi connectivity index (χ4v) is 4.50. The molecule has 202 valence electrons. The Hall–Kier alpha value is -4.57. The van der Waals surface area contributed by atoms with E-state index in [-0.39, 0.29) is 24.9 Å². The second-order valence-electron chi connectivity index (χ2n) is 8.79. The monoisotopic (exact) mass is 543 g/mol. The minimum Gasteiger partial charge on any atom is -0.423 e. The molecule has 39 heavy (non-hydrogen) atoms. The van der Waals surface area contributed by atoms with Crippen molar-refractivity contribution in [3.05, 3.63) is 66.7 Å². The van der Waals surface area contributed by atoms with E-state index in [1.807, 2.05) is 0 Å². The normalized spacial score (nSPS) is 22.4. The van der Waals surface area contributed by atoms with Crippen molar-refractivity contribution in [3.8, 4) is 17.4 Å². The molecule has 2 aromatic carbocycles. The van der Waals surface area contributed by atoms with Crippen molar-refractivity contribution in [1.82, 2.24) is 40.3 Å². The number of carbonyl (C=O) groups is 1. The Balaban J connectivity index is 1.08. The molecule has 0 saturated carbocycles. The number of nitrogens with zero attached hydrogens (tertiary/aromatic N) is 7. The molecule has 16 heteroatoms. The molecular weight excluding hydrogens is 523 g/mol. The summed E-state index contributed by atoms with van der Waals surface area (Å²) in [4.78, 5) is 16.4. The highest BCUT2D eigenvalue weighted by molar-refractivity contribution is 5.89. The van der Waals surface area contributed by atoms with Gasteiger partial charge in [0.25, 0.3) is 0 Å². The molecule has 4 heterocycles. The van der Waals surface area contributed by atoms with Gasteiger partial charge in [0, 0.05) is 5.69 Å². The molecule has 4 aromatic rings. The van der Waals surface area contributed by atoms with Gasteiger partial charge in [-0.05, 0) is 52.9 Å². The highest BCUT2D eigenvalue weighted by atomic mass is 19.4. The quantitative estimate of drug-likeness (QED) is 0.375. The number of hydrogen-bond acceptors (Lipinski definition) is 9. The molecule has 0 spiro atoms. The lowest BCUT2D eigenvalue weighted by molar-refractivity contribution is -0.137. The minimum absolute atomic E-state index is 0.00723. The standard InChI is InChI=1S/C23H20F3N9O4/c24-23(25,26)13-2-1-3-14(8-13)29-21(36)30-17-9-37-20-18(10-38-19(17)20)35-22(31-32-33-35)39-16-6-4-15(5-7-16)34-12-27-11-28-34/h1-8,11-12,17-20H,9-10H2,(H2,29,30,36). The smallest absolute Gasteiger partial charge is 0.416 e. The van der Waals surface area contributed by atoms with Crippen LogP contribution in [-0.4, -0.2) is 72.5 Å². The molecule has 2 aliphatic heterocycles. The fourth-order valence-electron chi connectivity index (χ4n) is 4.50. The number of halogens is 3. The molecule has 0 radical (unpaired) electrons. The van der Waals surface area contributed by atoms with Crippen molar-refractivity contribution >= 4 is 11.7 Å². The Bertz CT molecular complexity index is 1450. The summed E-state index contributed by atoms with van der Waals surface area (Å²) < 4.78 is 59.6. The molecule has 0 bridgehead atoms. The molecule has 2 N–H and O–H groups in total. The molecule has 2 saturated heterocycles. The van der Waals surface area contributed by atoms with E-state index in [9.17, 15) is 18.0 Å². The van der Waals surface area contributed by atoms with Crippen LogP contribution in [0, 0.1) is 0 Å². The average molecular weight is 543 g/mol. The number of fused-ring (bicyclic) bond motifs is 1. The van der Waals surface area contributed by atoms with Crippen LogP contribution in [0.5, 0.6) is 11.8 Å². The third-order valence-corrected chi connectivity index (χ3v) is 6.30. The third kappa shape index (κ3) is 5.10. The van der Waals surface area contributed by atoms with E-state index in [0.29, 0.717) is 5.75 Å². The van der Waals surface area contributed by atoms with Crippen LogP contribution in [0.2, 0.25) is 0 Å². The number of alkyl halides is 3. The predicted octanol–water partition coefficient (Wildman–Crippen LogP) is 2.59. The highest BCUT2D eigenvalue weighted by Crippen LogP contribution is 2.36. The summed E-state index contributed by atoms with van der Waals surface area (Å²) >= 11 is 0. The van der Waals surface area contributed by atoms with Crippen LogP contribution in [0.15, 0.2) is 61.2 Å². The number of rotatable bonds is 6. The van der Waals surface area contributed by atoms with Gasteiger partial charge in [-0.2, -0.15) is 23.0 Å². The van der Waals surface area contributed by atoms with Gasteiger partial charge in [-0.25, -0.2) is 14.5 Å². The zero-order valence-corrected chi connectivity index (χ0v) is 19.9. The predicted molar refractivity (Wildman–Crippen MR) is 125 cm³/mol. The van der Waals surface area contributed by atoms with Crippen LogP contribution in [0.25, 0.3) is 5.69 Å². The first-order valence-electron chi connectivity index (χ1n) is 11.7. The summed E-state index contributed by atoms with van der Waals surface area (Å²) in [6.45, 7) is 0.319. The number of carbonyl (C=O) groups excluding carboxylic acids is 1. The summed E-state index contributed by atoms with van der Waals surface area (Å²) in [5.74, 6) is 0.489. The van der Waals surface area contributed by atoms with Crippen molar-refractivity contribution in [1.29, 1.82) is 0 Å². The summed E-state index contributed by atoms with van der Waals surface area (Å²) in [5.41, 5.74) is -0.0635. The van der Waals surface area contributed by atoms with Crippen molar-refractivity contribution in [2.45, 2.75) is 30.5 Å². The van der Waals surface area contributed by atoms with Crippen molar-refractivity contribution < 1.29 is 32.2 Å². The maximum absolute atomic E-state index is 13.0. The molecular formula is C23H20F3N9O4. The lowest BCUT2D eigenvalue weighted by Gasteiger charge is -2.18.